The maximum Gasteiger partial charge on any atom is 0.250 e. The number of fused-ring (bicyclic) bond motifs is 4. The predicted octanol–water partition coefficient (Wildman–Crippen LogP) is 3.44. The fraction of sp³-hybridized carbons (Fsp3) is 0.348. The van der Waals surface area contributed by atoms with Gasteiger partial charge in [0.2, 0.25) is 17.7 Å². The summed E-state index contributed by atoms with van der Waals surface area (Å²) in [4.78, 5) is 42.1. The number of para-hydroxylation sites is 1. The zero-order chi connectivity index (χ0) is 21.9. The molecule has 0 aromatic heterocycles. The Bertz CT molecular complexity index is 1120. The van der Waals surface area contributed by atoms with Gasteiger partial charge in [-0.1, -0.05) is 24.3 Å². The van der Waals surface area contributed by atoms with E-state index in [-0.39, 0.29) is 23.8 Å². The van der Waals surface area contributed by atoms with E-state index >= 15 is 0 Å². The second kappa shape index (κ2) is 7.46. The first kappa shape index (κ1) is 20.7. The van der Waals surface area contributed by atoms with Gasteiger partial charge in [0.1, 0.15) is 5.54 Å². The number of hydrogen-bond acceptors (Lipinski definition) is 5. The van der Waals surface area contributed by atoms with Gasteiger partial charge >= 0.3 is 0 Å². The van der Waals surface area contributed by atoms with Gasteiger partial charge in [0.05, 0.1) is 17.5 Å². The quantitative estimate of drug-likeness (QED) is 0.630. The average molecular weight is 500 g/mol. The Kier molecular flexibility index (Phi) is 4.99. The zero-order valence-electron chi connectivity index (χ0n) is 17.1. The number of thioether (sulfide) groups is 1. The molecule has 0 radical (unpaired) electrons. The highest BCUT2D eigenvalue weighted by Crippen LogP contribution is 2.54. The van der Waals surface area contributed by atoms with Crippen LogP contribution in [0, 0.1) is 18.8 Å². The molecule has 2 aromatic rings. The monoisotopic (exact) mass is 499 g/mol. The van der Waals surface area contributed by atoms with Gasteiger partial charge in [-0.2, -0.15) is 11.8 Å². The van der Waals surface area contributed by atoms with Crippen LogP contribution < -0.4 is 15.5 Å². The second-order valence-electron chi connectivity index (χ2n) is 8.31. The van der Waals surface area contributed by atoms with E-state index in [1.54, 1.807) is 17.8 Å². The maximum atomic E-state index is 13.8. The third-order valence-electron chi connectivity index (χ3n) is 6.60. The van der Waals surface area contributed by atoms with Crippen molar-refractivity contribution >= 4 is 56.8 Å². The molecule has 2 N–H and O–H groups in total. The van der Waals surface area contributed by atoms with E-state index in [9.17, 15) is 14.4 Å². The van der Waals surface area contributed by atoms with Gasteiger partial charge in [0.15, 0.2) is 0 Å². The summed E-state index contributed by atoms with van der Waals surface area (Å²) in [6.07, 6.45) is 2.71. The molecule has 5 rings (SSSR count). The summed E-state index contributed by atoms with van der Waals surface area (Å²) in [6.45, 7) is 1.95. The number of anilines is 2. The third-order valence-corrected chi connectivity index (χ3v) is 7.88. The number of hydrogen-bond donors (Lipinski definition) is 2. The number of rotatable bonds is 4. The van der Waals surface area contributed by atoms with Crippen LogP contribution in [-0.2, 0) is 19.9 Å². The smallest absolute Gasteiger partial charge is 0.250 e. The van der Waals surface area contributed by atoms with Crippen LogP contribution in [0.2, 0.25) is 0 Å². The number of halogens is 1. The van der Waals surface area contributed by atoms with Gasteiger partial charge in [-0.3, -0.25) is 19.7 Å². The summed E-state index contributed by atoms with van der Waals surface area (Å²) in [5, 5.41) is 6.39. The first-order valence-corrected chi connectivity index (χ1v) is 12.4. The number of aryl methyl sites for hydroxylation is 1. The molecule has 2 aromatic carbocycles. The SMILES string of the molecule is CSCCC1NC2(C(=O)Nc3ccccc32)C2C(=O)N(c3ccc(C)cc3Br)C(=O)C12. The summed E-state index contributed by atoms with van der Waals surface area (Å²) in [5.41, 5.74) is 1.76. The molecule has 3 aliphatic rings. The van der Waals surface area contributed by atoms with Gasteiger partial charge in [0.25, 0.3) is 0 Å². The molecule has 0 saturated carbocycles. The molecule has 0 aliphatic carbocycles. The lowest BCUT2D eigenvalue weighted by Crippen LogP contribution is -2.53. The van der Waals surface area contributed by atoms with Crippen molar-refractivity contribution in [2.24, 2.45) is 11.8 Å². The van der Waals surface area contributed by atoms with Gasteiger partial charge in [-0.05, 0) is 65.0 Å². The van der Waals surface area contributed by atoms with E-state index in [1.807, 2.05) is 49.6 Å². The van der Waals surface area contributed by atoms with E-state index in [1.165, 1.54) is 4.90 Å². The molecule has 2 fully saturated rings. The van der Waals surface area contributed by atoms with Crippen molar-refractivity contribution in [1.82, 2.24) is 5.32 Å². The Balaban J connectivity index is 1.66. The minimum atomic E-state index is -1.23. The third kappa shape index (κ3) is 2.84. The number of nitrogens with zero attached hydrogens (tertiary/aromatic N) is 1. The van der Waals surface area contributed by atoms with Crippen molar-refractivity contribution in [1.29, 1.82) is 0 Å². The van der Waals surface area contributed by atoms with Crippen LogP contribution in [0.5, 0.6) is 0 Å². The van der Waals surface area contributed by atoms with Crippen LogP contribution >= 0.6 is 27.7 Å². The van der Waals surface area contributed by atoms with Crippen molar-refractivity contribution in [3.63, 3.8) is 0 Å². The van der Waals surface area contributed by atoms with E-state index in [0.717, 1.165) is 16.9 Å². The molecule has 2 saturated heterocycles. The number of benzene rings is 2. The molecule has 3 aliphatic heterocycles. The van der Waals surface area contributed by atoms with Gasteiger partial charge in [0, 0.05) is 21.8 Å². The molecule has 3 amide bonds. The van der Waals surface area contributed by atoms with Crippen molar-refractivity contribution in [2.45, 2.75) is 24.9 Å². The van der Waals surface area contributed by atoms with Crippen LogP contribution in [0.15, 0.2) is 46.9 Å². The van der Waals surface area contributed by atoms with E-state index < -0.39 is 17.4 Å². The van der Waals surface area contributed by atoms with Crippen molar-refractivity contribution in [3.05, 3.63) is 58.1 Å². The topological polar surface area (TPSA) is 78.5 Å². The first-order valence-electron chi connectivity index (χ1n) is 10.2. The van der Waals surface area contributed by atoms with Crippen LogP contribution in [0.25, 0.3) is 0 Å². The number of carbonyl (C=O) groups excluding carboxylic acids is 3. The molecule has 0 bridgehead atoms. The maximum absolute atomic E-state index is 13.8. The number of nitrogens with one attached hydrogen (secondary N) is 2. The summed E-state index contributed by atoms with van der Waals surface area (Å²) in [7, 11) is 0. The predicted molar refractivity (Wildman–Crippen MR) is 125 cm³/mol. The largest absolute Gasteiger partial charge is 0.324 e. The van der Waals surface area contributed by atoms with Crippen LogP contribution in [0.3, 0.4) is 0 Å². The molecule has 8 heteroatoms. The molecule has 3 heterocycles. The molecule has 4 unspecified atom stereocenters. The van der Waals surface area contributed by atoms with Gasteiger partial charge < -0.3 is 5.32 Å². The van der Waals surface area contributed by atoms with Gasteiger partial charge in [-0.25, -0.2) is 4.90 Å². The van der Waals surface area contributed by atoms with Crippen molar-refractivity contribution < 1.29 is 14.4 Å². The highest BCUT2D eigenvalue weighted by Gasteiger charge is 2.70. The fourth-order valence-electron chi connectivity index (χ4n) is 5.28. The molecule has 4 atom stereocenters. The second-order valence-corrected chi connectivity index (χ2v) is 10.2. The molecule has 6 nitrogen and oxygen atoms in total. The average Bonchev–Trinajstić information content (AvgIpc) is 3.32. The summed E-state index contributed by atoms with van der Waals surface area (Å²) in [6, 6.07) is 12.7. The normalized spacial score (nSPS) is 28.9. The molecule has 160 valence electrons. The Morgan fingerprint density at radius 1 is 1.13 bits per heavy atom. The standard InChI is InChI=1S/C23H22BrN3O3S/c1-12-7-8-17(14(24)11-12)27-20(28)18-16(9-10-31-2)26-23(19(18)21(27)29)13-5-3-4-6-15(13)25-22(23)30/h3-8,11,16,18-19,26H,9-10H2,1-2H3,(H,25,30). The molecule has 31 heavy (non-hydrogen) atoms. The Morgan fingerprint density at radius 3 is 2.65 bits per heavy atom. The zero-order valence-corrected chi connectivity index (χ0v) is 19.5. The van der Waals surface area contributed by atoms with Crippen molar-refractivity contribution in [2.75, 3.05) is 22.2 Å². The van der Waals surface area contributed by atoms with Crippen LogP contribution in [0.1, 0.15) is 17.5 Å². The number of imide groups is 1. The minimum Gasteiger partial charge on any atom is -0.324 e. The Labute approximate surface area is 193 Å². The van der Waals surface area contributed by atoms with Crippen LogP contribution in [-0.4, -0.2) is 35.8 Å². The first-order chi connectivity index (χ1) is 14.9. The summed E-state index contributed by atoms with van der Waals surface area (Å²) >= 11 is 5.20. The minimum absolute atomic E-state index is 0.243. The van der Waals surface area contributed by atoms with Crippen LogP contribution in [0.4, 0.5) is 11.4 Å². The highest BCUT2D eigenvalue weighted by atomic mass is 79.9. The number of carbonyl (C=O) groups is 3. The summed E-state index contributed by atoms with van der Waals surface area (Å²) in [5.74, 6) is -1.39. The van der Waals surface area contributed by atoms with Gasteiger partial charge in [-0.15, -0.1) is 0 Å². The lowest BCUT2D eigenvalue weighted by molar-refractivity contribution is -0.130. The molecular weight excluding hydrogens is 478 g/mol. The lowest BCUT2D eigenvalue weighted by Gasteiger charge is -2.29. The molecule has 1 spiro atoms. The Hall–Kier alpha value is -2.16. The lowest BCUT2D eigenvalue weighted by atomic mass is 9.76. The Morgan fingerprint density at radius 2 is 1.90 bits per heavy atom. The summed E-state index contributed by atoms with van der Waals surface area (Å²) < 4.78 is 0.688. The molecular formula is C23H22BrN3O3S. The van der Waals surface area contributed by atoms with E-state index in [4.69, 9.17) is 0 Å². The van der Waals surface area contributed by atoms with E-state index in [2.05, 4.69) is 26.6 Å². The highest BCUT2D eigenvalue weighted by molar-refractivity contribution is 9.10. The number of amides is 3. The van der Waals surface area contributed by atoms with E-state index in [0.29, 0.717) is 22.3 Å². The fourth-order valence-corrected chi connectivity index (χ4v) is 6.44. The van der Waals surface area contributed by atoms with Crippen molar-refractivity contribution in [3.8, 4) is 0 Å².